The Balaban J connectivity index is 1.61. The van der Waals surface area contributed by atoms with Gasteiger partial charge in [0.05, 0.1) is 11.8 Å². The second kappa shape index (κ2) is 7.48. The molecule has 1 saturated heterocycles. The van der Waals surface area contributed by atoms with Crippen LogP contribution in [0.5, 0.6) is 5.75 Å². The standard InChI is InChI=1S/C18H21N3O4/c1-12(22)13-4-2-6-16(8-13)25-11-14-9-17(20-19-14)18(24)21-7-3-5-15(23)10-21/h2,4,6,8-9,15,23H,3,5,7,10-11H2,1H3,(H,19,20). The van der Waals surface area contributed by atoms with Crippen LogP contribution in [0, 0.1) is 0 Å². The average molecular weight is 343 g/mol. The van der Waals surface area contributed by atoms with Gasteiger partial charge in [-0.2, -0.15) is 5.10 Å². The van der Waals surface area contributed by atoms with E-state index in [0.717, 1.165) is 12.8 Å². The number of piperidine rings is 1. The lowest BCUT2D eigenvalue weighted by Crippen LogP contribution is -2.42. The molecule has 1 atom stereocenters. The van der Waals surface area contributed by atoms with Gasteiger partial charge in [-0.1, -0.05) is 12.1 Å². The fraction of sp³-hybridized carbons (Fsp3) is 0.389. The normalized spacial score (nSPS) is 17.4. The van der Waals surface area contributed by atoms with Crippen LogP contribution < -0.4 is 4.74 Å². The highest BCUT2D eigenvalue weighted by atomic mass is 16.5. The van der Waals surface area contributed by atoms with Crippen LogP contribution in [-0.4, -0.2) is 51.1 Å². The van der Waals surface area contributed by atoms with Gasteiger partial charge < -0.3 is 14.7 Å². The molecule has 0 bridgehead atoms. The van der Waals surface area contributed by atoms with E-state index in [-0.39, 0.29) is 18.3 Å². The summed E-state index contributed by atoms with van der Waals surface area (Å²) >= 11 is 0. The van der Waals surface area contributed by atoms with Gasteiger partial charge >= 0.3 is 0 Å². The summed E-state index contributed by atoms with van der Waals surface area (Å²) in [5.74, 6) is 0.359. The minimum atomic E-state index is -0.465. The predicted molar refractivity (Wildman–Crippen MR) is 90.5 cm³/mol. The highest BCUT2D eigenvalue weighted by Crippen LogP contribution is 2.16. The van der Waals surface area contributed by atoms with Gasteiger partial charge in [0.2, 0.25) is 0 Å². The first-order valence-electron chi connectivity index (χ1n) is 8.28. The Bertz CT molecular complexity index is 771. The van der Waals surface area contributed by atoms with Crippen molar-refractivity contribution in [1.29, 1.82) is 0 Å². The molecule has 7 nitrogen and oxygen atoms in total. The fourth-order valence-electron chi connectivity index (χ4n) is 2.81. The lowest BCUT2D eigenvalue weighted by Gasteiger charge is -2.29. The number of hydrogen-bond donors (Lipinski definition) is 2. The number of aliphatic hydroxyl groups excluding tert-OH is 1. The summed E-state index contributed by atoms with van der Waals surface area (Å²) < 4.78 is 5.65. The highest BCUT2D eigenvalue weighted by molar-refractivity contribution is 5.94. The summed E-state index contributed by atoms with van der Waals surface area (Å²) in [5.41, 5.74) is 1.56. The molecule has 1 amide bonds. The van der Waals surface area contributed by atoms with Crippen molar-refractivity contribution < 1.29 is 19.4 Å². The number of H-pyrrole nitrogens is 1. The first-order valence-corrected chi connectivity index (χ1v) is 8.28. The summed E-state index contributed by atoms with van der Waals surface area (Å²) in [5, 5.41) is 16.5. The van der Waals surface area contributed by atoms with E-state index in [2.05, 4.69) is 10.2 Å². The quantitative estimate of drug-likeness (QED) is 0.807. The summed E-state index contributed by atoms with van der Waals surface area (Å²) in [6.45, 7) is 2.69. The second-order valence-electron chi connectivity index (χ2n) is 6.20. The number of amides is 1. The molecule has 2 aromatic rings. The van der Waals surface area contributed by atoms with Crippen LogP contribution >= 0.6 is 0 Å². The van der Waals surface area contributed by atoms with E-state index < -0.39 is 6.10 Å². The summed E-state index contributed by atoms with van der Waals surface area (Å²) in [6, 6.07) is 8.59. The van der Waals surface area contributed by atoms with E-state index in [4.69, 9.17) is 4.74 Å². The van der Waals surface area contributed by atoms with Gasteiger partial charge in [-0.3, -0.25) is 14.7 Å². The number of aromatic nitrogens is 2. The highest BCUT2D eigenvalue weighted by Gasteiger charge is 2.24. The zero-order chi connectivity index (χ0) is 17.8. The fourth-order valence-corrected chi connectivity index (χ4v) is 2.81. The van der Waals surface area contributed by atoms with Crippen LogP contribution in [0.2, 0.25) is 0 Å². The number of benzene rings is 1. The van der Waals surface area contributed by atoms with Gasteiger partial charge in [-0.25, -0.2) is 0 Å². The van der Waals surface area contributed by atoms with Crippen LogP contribution in [-0.2, 0) is 6.61 Å². The minimum Gasteiger partial charge on any atom is -0.487 e. The van der Waals surface area contributed by atoms with Gasteiger partial charge in [0.1, 0.15) is 12.4 Å². The number of hydrogen-bond acceptors (Lipinski definition) is 5. The third-order valence-electron chi connectivity index (χ3n) is 4.17. The van der Waals surface area contributed by atoms with E-state index in [1.807, 2.05) is 0 Å². The molecule has 0 saturated carbocycles. The Kier molecular flexibility index (Phi) is 5.14. The van der Waals surface area contributed by atoms with Crippen LogP contribution in [0.1, 0.15) is 46.3 Å². The molecule has 2 heterocycles. The van der Waals surface area contributed by atoms with E-state index in [1.54, 1.807) is 35.2 Å². The minimum absolute atomic E-state index is 0.0245. The van der Waals surface area contributed by atoms with Crippen molar-refractivity contribution >= 4 is 11.7 Å². The third kappa shape index (κ3) is 4.24. The number of aromatic amines is 1. The van der Waals surface area contributed by atoms with E-state index >= 15 is 0 Å². The molecule has 1 aromatic carbocycles. The van der Waals surface area contributed by atoms with Crippen molar-refractivity contribution in [3.05, 3.63) is 47.3 Å². The SMILES string of the molecule is CC(=O)c1cccc(OCc2cc(C(=O)N3CCCC(O)C3)n[nH]2)c1. The van der Waals surface area contributed by atoms with Crippen molar-refractivity contribution in [2.24, 2.45) is 0 Å². The third-order valence-corrected chi connectivity index (χ3v) is 4.17. The number of Topliss-reactive ketones (excluding diaryl/α,β-unsaturated/α-hetero) is 1. The van der Waals surface area contributed by atoms with Gasteiger partial charge in [-0.05, 0) is 38.0 Å². The number of β-amino-alcohol motifs (C(OH)–C–C–N with tert-alkyl or cyclic N) is 1. The molecule has 2 N–H and O–H groups in total. The zero-order valence-corrected chi connectivity index (χ0v) is 14.1. The lowest BCUT2D eigenvalue weighted by molar-refractivity contribution is 0.0469. The van der Waals surface area contributed by atoms with Gasteiger partial charge in [0.25, 0.3) is 5.91 Å². The topological polar surface area (TPSA) is 95.5 Å². The number of rotatable bonds is 5. The monoisotopic (exact) mass is 343 g/mol. The smallest absolute Gasteiger partial charge is 0.274 e. The first-order chi connectivity index (χ1) is 12.0. The largest absolute Gasteiger partial charge is 0.487 e. The molecule has 132 valence electrons. The number of aliphatic hydroxyl groups is 1. The molecule has 0 aliphatic carbocycles. The molecule has 25 heavy (non-hydrogen) atoms. The number of ketones is 1. The summed E-state index contributed by atoms with van der Waals surface area (Å²) in [4.78, 5) is 25.4. The van der Waals surface area contributed by atoms with E-state index in [0.29, 0.717) is 35.8 Å². The lowest BCUT2D eigenvalue weighted by atomic mass is 10.1. The predicted octanol–water partition coefficient (Wildman–Crippen LogP) is 1.79. The number of ether oxygens (including phenoxy) is 1. The van der Waals surface area contributed by atoms with Crippen molar-refractivity contribution in [2.45, 2.75) is 32.5 Å². The van der Waals surface area contributed by atoms with Crippen LogP contribution in [0.4, 0.5) is 0 Å². The maximum Gasteiger partial charge on any atom is 0.274 e. The van der Waals surface area contributed by atoms with Crippen LogP contribution in [0.15, 0.2) is 30.3 Å². The van der Waals surface area contributed by atoms with Crippen molar-refractivity contribution in [3.63, 3.8) is 0 Å². The molecule has 1 aromatic heterocycles. The van der Waals surface area contributed by atoms with Gasteiger partial charge in [-0.15, -0.1) is 0 Å². The van der Waals surface area contributed by atoms with Crippen LogP contribution in [0.25, 0.3) is 0 Å². The number of carbonyl (C=O) groups excluding carboxylic acids is 2. The molecule has 1 fully saturated rings. The van der Waals surface area contributed by atoms with Crippen molar-refractivity contribution in [2.75, 3.05) is 13.1 Å². The molecule has 3 rings (SSSR count). The van der Waals surface area contributed by atoms with E-state index in [1.165, 1.54) is 6.92 Å². The van der Waals surface area contributed by atoms with E-state index in [9.17, 15) is 14.7 Å². The maximum absolute atomic E-state index is 12.4. The number of carbonyl (C=O) groups is 2. The van der Waals surface area contributed by atoms with Crippen molar-refractivity contribution in [1.82, 2.24) is 15.1 Å². The second-order valence-corrected chi connectivity index (χ2v) is 6.20. The Morgan fingerprint density at radius 3 is 3.00 bits per heavy atom. The molecule has 7 heteroatoms. The van der Waals surface area contributed by atoms with Gasteiger partial charge in [0.15, 0.2) is 11.5 Å². The average Bonchev–Trinajstić information content (AvgIpc) is 3.08. The molecule has 0 spiro atoms. The Hall–Kier alpha value is -2.67. The maximum atomic E-state index is 12.4. The summed E-state index contributed by atoms with van der Waals surface area (Å²) in [7, 11) is 0. The Morgan fingerprint density at radius 1 is 1.40 bits per heavy atom. The molecule has 1 aliphatic rings. The summed E-state index contributed by atoms with van der Waals surface area (Å²) in [6.07, 6.45) is 1.05. The molecule has 0 radical (unpaired) electrons. The van der Waals surface area contributed by atoms with Crippen molar-refractivity contribution in [3.8, 4) is 5.75 Å². The Labute approximate surface area is 145 Å². The number of likely N-dealkylation sites (tertiary alicyclic amines) is 1. The molecular weight excluding hydrogens is 322 g/mol. The molecular formula is C18H21N3O4. The van der Waals surface area contributed by atoms with Gasteiger partial charge in [0, 0.05) is 18.7 Å². The Morgan fingerprint density at radius 2 is 2.24 bits per heavy atom. The zero-order valence-electron chi connectivity index (χ0n) is 14.1. The molecule has 1 unspecified atom stereocenters. The van der Waals surface area contributed by atoms with Crippen LogP contribution in [0.3, 0.4) is 0 Å². The number of nitrogens with zero attached hydrogens (tertiary/aromatic N) is 2. The number of nitrogens with one attached hydrogen (secondary N) is 1. The molecule has 1 aliphatic heterocycles. The first kappa shape index (κ1) is 17.2.